The summed E-state index contributed by atoms with van der Waals surface area (Å²) in [4.78, 5) is 12.3. The number of rotatable bonds is 4. The average molecular weight is 306 g/mol. The molecule has 110 valence electrons. The number of aryl methyl sites for hydroxylation is 1. The molecule has 0 spiro atoms. The van der Waals surface area contributed by atoms with Gasteiger partial charge < -0.3 is 11.1 Å². The molecule has 6 heteroatoms. The van der Waals surface area contributed by atoms with Gasteiger partial charge in [0.1, 0.15) is 11.6 Å². The van der Waals surface area contributed by atoms with E-state index in [9.17, 15) is 13.4 Å². The highest BCUT2D eigenvalue weighted by Gasteiger charge is 2.13. The lowest BCUT2D eigenvalue weighted by Crippen LogP contribution is -2.20. The molecule has 0 aliphatic carbocycles. The summed E-state index contributed by atoms with van der Waals surface area (Å²) < 4.78 is 24.9. The number of benzene rings is 2. The quantitative estimate of drug-likeness (QED) is 0.852. The lowest BCUT2D eigenvalue weighted by Gasteiger charge is -2.08. The van der Waals surface area contributed by atoms with Crippen molar-refractivity contribution in [3.8, 4) is 0 Å². The van der Waals surface area contributed by atoms with Crippen LogP contribution < -0.4 is 11.1 Å². The maximum Gasteiger partial charge on any atom is 0.237 e. The fourth-order valence-electron chi connectivity index (χ4n) is 1.80. The Morgan fingerprint density at radius 1 is 1.24 bits per heavy atom. The van der Waals surface area contributed by atoms with Crippen molar-refractivity contribution in [2.24, 2.45) is 0 Å². The standard InChI is InChI=1S/C15H15FN2O2S/c1-10-2-7-14(13(17)8-10)21(20)9-15(19)18-12-5-3-11(16)4-6-12/h2-8H,9,17H2,1H3,(H,18,19). The Hall–Kier alpha value is -2.21. The van der Waals surface area contributed by atoms with Gasteiger partial charge in [-0.3, -0.25) is 9.00 Å². The number of nitrogen functional groups attached to an aromatic ring is 1. The van der Waals surface area contributed by atoms with Crippen molar-refractivity contribution in [3.63, 3.8) is 0 Å². The van der Waals surface area contributed by atoms with Crippen molar-refractivity contribution >= 4 is 28.1 Å². The zero-order valence-electron chi connectivity index (χ0n) is 11.4. The van der Waals surface area contributed by atoms with E-state index in [1.807, 2.05) is 6.92 Å². The molecule has 0 heterocycles. The van der Waals surface area contributed by atoms with Crippen molar-refractivity contribution in [1.29, 1.82) is 0 Å². The molecule has 0 aromatic heterocycles. The van der Waals surface area contributed by atoms with Crippen LogP contribution in [0.15, 0.2) is 47.4 Å². The fraction of sp³-hybridized carbons (Fsp3) is 0.133. The van der Waals surface area contributed by atoms with Crippen LogP contribution in [0.5, 0.6) is 0 Å². The number of hydrogen-bond donors (Lipinski definition) is 2. The largest absolute Gasteiger partial charge is 0.398 e. The van der Waals surface area contributed by atoms with Crippen LogP contribution in [-0.4, -0.2) is 15.9 Å². The zero-order chi connectivity index (χ0) is 15.4. The van der Waals surface area contributed by atoms with Crippen LogP contribution in [0.3, 0.4) is 0 Å². The van der Waals surface area contributed by atoms with Crippen LogP contribution in [0.2, 0.25) is 0 Å². The summed E-state index contributed by atoms with van der Waals surface area (Å²) in [5.41, 5.74) is 7.62. The second-order valence-corrected chi connectivity index (χ2v) is 6.01. The molecule has 1 amide bonds. The van der Waals surface area contributed by atoms with Crippen LogP contribution in [-0.2, 0) is 15.6 Å². The second-order valence-electron chi connectivity index (χ2n) is 4.59. The Bertz CT molecular complexity index is 687. The minimum atomic E-state index is -1.52. The van der Waals surface area contributed by atoms with Crippen molar-refractivity contribution in [1.82, 2.24) is 0 Å². The predicted molar refractivity (Wildman–Crippen MR) is 81.9 cm³/mol. The van der Waals surface area contributed by atoms with Gasteiger partial charge >= 0.3 is 0 Å². The van der Waals surface area contributed by atoms with E-state index in [1.165, 1.54) is 24.3 Å². The molecule has 0 aliphatic rings. The maximum atomic E-state index is 12.8. The summed E-state index contributed by atoms with van der Waals surface area (Å²) in [6, 6.07) is 10.5. The summed E-state index contributed by atoms with van der Waals surface area (Å²) in [6.45, 7) is 1.88. The van der Waals surface area contributed by atoms with Gasteiger partial charge in [-0.1, -0.05) is 6.07 Å². The smallest absolute Gasteiger partial charge is 0.237 e. The molecule has 0 saturated carbocycles. The van der Waals surface area contributed by atoms with Crippen LogP contribution in [0.25, 0.3) is 0 Å². The number of carbonyl (C=O) groups excluding carboxylic acids is 1. The first kappa shape index (κ1) is 15.2. The Labute approximate surface area is 124 Å². The highest BCUT2D eigenvalue weighted by molar-refractivity contribution is 7.86. The molecule has 1 atom stereocenters. The molecule has 0 fully saturated rings. The molecule has 4 nitrogen and oxygen atoms in total. The average Bonchev–Trinajstić information content (AvgIpc) is 2.41. The van der Waals surface area contributed by atoms with Gasteiger partial charge in [-0.15, -0.1) is 0 Å². The third kappa shape index (κ3) is 4.13. The number of nitrogens with one attached hydrogen (secondary N) is 1. The summed E-state index contributed by atoms with van der Waals surface area (Å²) >= 11 is 0. The minimum absolute atomic E-state index is 0.204. The van der Waals surface area contributed by atoms with Gasteiger partial charge in [0, 0.05) is 11.4 Å². The molecule has 2 rings (SSSR count). The van der Waals surface area contributed by atoms with E-state index in [0.717, 1.165) is 5.56 Å². The van der Waals surface area contributed by atoms with Gasteiger partial charge in [0.15, 0.2) is 0 Å². The molecular weight excluding hydrogens is 291 g/mol. The minimum Gasteiger partial charge on any atom is -0.398 e. The number of anilines is 2. The first-order chi connectivity index (χ1) is 9.95. The van der Waals surface area contributed by atoms with Crippen LogP contribution in [0.4, 0.5) is 15.8 Å². The van der Waals surface area contributed by atoms with E-state index in [0.29, 0.717) is 16.3 Å². The molecule has 21 heavy (non-hydrogen) atoms. The van der Waals surface area contributed by atoms with Gasteiger partial charge in [0.25, 0.3) is 0 Å². The fourth-order valence-corrected chi connectivity index (χ4v) is 2.81. The first-order valence-corrected chi connectivity index (χ1v) is 7.57. The molecule has 0 aliphatic heterocycles. The molecule has 3 N–H and O–H groups in total. The monoisotopic (exact) mass is 306 g/mol. The summed E-state index contributed by atoms with van der Waals surface area (Å²) in [7, 11) is -1.52. The van der Waals surface area contributed by atoms with Crippen LogP contribution in [0, 0.1) is 12.7 Å². The van der Waals surface area contributed by atoms with Crippen LogP contribution in [0.1, 0.15) is 5.56 Å². The lowest BCUT2D eigenvalue weighted by atomic mass is 10.2. The number of halogens is 1. The molecule has 2 aromatic carbocycles. The van der Waals surface area contributed by atoms with Gasteiger partial charge in [-0.2, -0.15) is 0 Å². The van der Waals surface area contributed by atoms with Gasteiger partial charge in [0.05, 0.1) is 15.7 Å². The van der Waals surface area contributed by atoms with E-state index in [-0.39, 0.29) is 11.6 Å². The van der Waals surface area contributed by atoms with E-state index in [4.69, 9.17) is 5.73 Å². The van der Waals surface area contributed by atoms with Crippen molar-refractivity contribution in [2.75, 3.05) is 16.8 Å². The topological polar surface area (TPSA) is 72.2 Å². The lowest BCUT2D eigenvalue weighted by molar-refractivity contribution is -0.113. The number of carbonyl (C=O) groups is 1. The van der Waals surface area contributed by atoms with E-state index in [2.05, 4.69) is 5.32 Å². The van der Waals surface area contributed by atoms with Gasteiger partial charge in [-0.05, 0) is 48.9 Å². The first-order valence-electron chi connectivity index (χ1n) is 6.25. The van der Waals surface area contributed by atoms with Crippen molar-refractivity contribution < 1.29 is 13.4 Å². The third-order valence-corrected chi connectivity index (χ3v) is 4.19. The van der Waals surface area contributed by atoms with E-state index < -0.39 is 16.7 Å². The molecular formula is C15H15FN2O2S. The maximum absolute atomic E-state index is 12.8. The van der Waals surface area contributed by atoms with Gasteiger partial charge in [0.2, 0.25) is 5.91 Å². The molecule has 1 unspecified atom stereocenters. The molecule has 0 radical (unpaired) electrons. The molecule has 0 saturated heterocycles. The summed E-state index contributed by atoms with van der Waals surface area (Å²) in [6.07, 6.45) is 0. The Kier molecular flexibility index (Phi) is 4.70. The number of amides is 1. The second kappa shape index (κ2) is 6.49. The van der Waals surface area contributed by atoms with E-state index >= 15 is 0 Å². The molecule has 0 bridgehead atoms. The summed E-state index contributed by atoms with van der Waals surface area (Å²) in [5, 5.41) is 2.56. The van der Waals surface area contributed by atoms with Crippen molar-refractivity contribution in [3.05, 3.63) is 53.8 Å². The third-order valence-electron chi connectivity index (χ3n) is 2.80. The zero-order valence-corrected chi connectivity index (χ0v) is 12.2. The highest BCUT2D eigenvalue weighted by atomic mass is 32.2. The van der Waals surface area contributed by atoms with Gasteiger partial charge in [-0.25, -0.2) is 4.39 Å². The SMILES string of the molecule is Cc1ccc(S(=O)CC(=O)Nc2ccc(F)cc2)c(N)c1. The number of hydrogen-bond acceptors (Lipinski definition) is 3. The Balaban J connectivity index is 2.02. The van der Waals surface area contributed by atoms with Crippen molar-refractivity contribution in [2.45, 2.75) is 11.8 Å². The summed E-state index contributed by atoms with van der Waals surface area (Å²) in [5.74, 6) is -1.01. The normalized spacial score (nSPS) is 11.9. The Morgan fingerprint density at radius 3 is 2.52 bits per heavy atom. The highest BCUT2D eigenvalue weighted by Crippen LogP contribution is 2.18. The Morgan fingerprint density at radius 2 is 1.90 bits per heavy atom. The van der Waals surface area contributed by atoms with Crippen LogP contribution >= 0.6 is 0 Å². The molecule has 2 aromatic rings. The van der Waals surface area contributed by atoms with E-state index in [1.54, 1.807) is 18.2 Å². The predicted octanol–water partition coefficient (Wildman–Crippen LogP) is 2.46. The number of nitrogens with two attached hydrogens (primary N) is 1.